The van der Waals surface area contributed by atoms with Crippen LogP contribution < -0.4 is 0 Å². The summed E-state index contributed by atoms with van der Waals surface area (Å²) < 4.78 is 23.6. The second-order valence-electron chi connectivity index (χ2n) is 10.7. The smallest absolute Gasteiger partial charge is 0.303 e. The van der Waals surface area contributed by atoms with E-state index in [-0.39, 0.29) is 17.9 Å². The largest absolute Gasteiger partial charge is 0.459 e. The first-order chi connectivity index (χ1) is 15.6. The van der Waals surface area contributed by atoms with Gasteiger partial charge in [0.25, 0.3) is 0 Å². The van der Waals surface area contributed by atoms with E-state index in [4.69, 9.17) is 18.9 Å². The molecule has 8 heteroatoms. The zero-order valence-electron chi connectivity index (χ0n) is 21.4. The third-order valence-corrected chi connectivity index (χ3v) is 7.46. The molecule has 0 amide bonds. The minimum atomic E-state index is -1.55. The van der Waals surface area contributed by atoms with Crippen LogP contribution in [0.25, 0.3) is 0 Å². The number of aliphatic hydroxyl groups is 1. The molecule has 1 aliphatic carbocycles. The number of carbonyl (C=O) groups excluding carboxylic acids is 3. The average molecular weight is 479 g/mol. The quantitative estimate of drug-likeness (QED) is 0.373. The van der Waals surface area contributed by atoms with Crippen LogP contribution in [0.3, 0.4) is 0 Å². The molecule has 0 aromatic carbocycles. The van der Waals surface area contributed by atoms with E-state index < -0.39 is 53.3 Å². The molecule has 1 saturated heterocycles. The maximum Gasteiger partial charge on any atom is 0.303 e. The molecule has 2 aliphatic heterocycles. The van der Waals surface area contributed by atoms with Crippen molar-refractivity contribution >= 4 is 17.9 Å². The number of fused-ring (bicyclic) bond motifs is 5. The van der Waals surface area contributed by atoms with Gasteiger partial charge in [-0.3, -0.25) is 14.4 Å². The molecular weight excluding hydrogens is 440 g/mol. The number of hydrogen-bond acceptors (Lipinski definition) is 8. The zero-order valence-corrected chi connectivity index (χ0v) is 21.4. The summed E-state index contributed by atoms with van der Waals surface area (Å²) in [6.07, 6.45) is 2.39. The molecule has 0 aromatic heterocycles. The Kier molecular flexibility index (Phi) is 7.35. The summed E-state index contributed by atoms with van der Waals surface area (Å²) in [4.78, 5) is 36.0. The minimum Gasteiger partial charge on any atom is -0.459 e. The first-order valence-corrected chi connectivity index (χ1v) is 11.9. The van der Waals surface area contributed by atoms with Crippen molar-refractivity contribution in [2.24, 2.45) is 17.8 Å². The van der Waals surface area contributed by atoms with Crippen molar-refractivity contribution in [3.8, 4) is 0 Å². The van der Waals surface area contributed by atoms with Crippen molar-refractivity contribution in [2.45, 2.75) is 104 Å². The topological polar surface area (TPSA) is 108 Å². The van der Waals surface area contributed by atoms with Gasteiger partial charge in [0.2, 0.25) is 0 Å². The van der Waals surface area contributed by atoms with Gasteiger partial charge in [0.15, 0.2) is 0 Å². The molecule has 0 aromatic rings. The summed E-state index contributed by atoms with van der Waals surface area (Å²) in [5, 5.41) is 11.9. The molecule has 2 bridgehead atoms. The van der Waals surface area contributed by atoms with Crippen LogP contribution >= 0.6 is 0 Å². The lowest BCUT2D eigenvalue weighted by Gasteiger charge is -2.49. The molecule has 0 radical (unpaired) electrons. The van der Waals surface area contributed by atoms with E-state index in [1.165, 1.54) is 20.8 Å². The summed E-state index contributed by atoms with van der Waals surface area (Å²) in [5.74, 6) is -2.37. The van der Waals surface area contributed by atoms with Gasteiger partial charge in [-0.1, -0.05) is 17.2 Å². The maximum atomic E-state index is 12.0. The number of esters is 3. The Morgan fingerprint density at radius 3 is 2.26 bits per heavy atom. The fourth-order valence-corrected chi connectivity index (χ4v) is 6.30. The van der Waals surface area contributed by atoms with Gasteiger partial charge >= 0.3 is 17.9 Å². The molecule has 3 rings (SSSR count). The van der Waals surface area contributed by atoms with Crippen molar-refractivity contribution in [2.75, 3.05) is 0 Å². The second-order valence-corrected chi connectivity index (χ2v) is 10.7. The van der Waals surface area contributed by atoms with E-state index in [1.54, 1.807) is 20.8 Å². The molecular formula is C26H38O8. The van der Waals surface area contributed by atoms with Gasteiger partial charge < -0.3 is 24.1 Å². The number of ether oxygens (including phenoxy) is 4. The van der Waals surface area contributed by atoms with Gasteiger partial charge in [0.1, 0.15) is 23.4 Å². The predicted octanol–water partition coefficient (Wildman–Crippen LogP) is 3.26. The van der Waals surface area contributed by atoms with Crippen LogP contribution in [0.15, 0.2) is 23.3 Å². The van der Waals surface area contributed by atoms with Crippen LogP contribution in [0, 0.1) is 17.8 Å². The Labute approximate surface area is 201 Å². The van der Waals surface area contributed by atoms with Crippen LogP contribution in [0.4, 0.5) is 0 Å². The van der Waals surface area contributed by atoms with Crippen molar-refractivity contribution in [1.29, 1.82) is 0 Å². The van der Waals surface area contributed by atoms with Gasteiger partial charge in [0.05, 0.1) is 12.2 Å². The maximum absolute atomic E-state index is 12.0. The molecule has 0 unspecified atom stereocenters. The summed E-state index contributed by atoms with van der Waals surface area (Å²) in [7, 11) is 0. The summed E-state index contributed by atoms with van der Waals surface area (Å²) >= 11 is 0. The Bertz CT molecular complexity index is 898. The predicted molar refractivity (Wildman–Crippen MR) is 123 cm³/mol. The summed E-state index contributed by atoms with van der Waals surface area (Å²) in [6.45, 7) is 13.2. The highest BCUT2D eigenvalue weighted by Crippen LogP contribution is 2.55. The third-order valence-electron chi connectivity index (χ3n) is 7.46. The fourth-order valence-electron chi connectivity index (χ4n) is 6.30. The summed E-state index contributed by atoms with van der Waals surface area (Å²) in [5.41, 5.74) is -0.519. The molecule has 1 N–H and O–H groups in total. The van der Waals surface area contributed by atoms with Gasteiger partial charge in [-0.15, -0.1) is 0 Å². The molecule has 2 heterocycles. The van der Waals surface area contributed by atoms with Gasteiger partial charge in [-0.25, -0.2) is 0 Å². The highest BCUT2D eigenvalue weighted by molar-refractivity contribution is 5.67. The molecule has 1 fully saturated rings. The van der Waals surface area contributed by atoms with Gasteiger partial charge in [-0.2, -0.15) is 0 Å². The lowest BCUT2D eigenvalue weighted by Crippen LogP contribution is -2.60. The highest BCUT2D eigenvalue weighted by atomic mass is 16.6. The van der Waals surface area contributed by atoms with Crippen LogP contribution in [0.2, 0.25) is 0 Å². The molecule has 34 heavy (non-hydrogen) atoms. The first-order valence-electron chi connectivity index (χ1n) is 11.9. The van der Waals surface area contributed by atoms with E-state index >= 15 is 0 Å². The average Bonchev–Trinajstić information content (AvgIpc) is 3.03. The molecule has 3 aliphatic rings. The van der Waals surface area contributed by atoms with Crippen LogP contribution in [0.5, 0.6) is 0 Å². The first kappa shape index (κ1) is 26.4. The molecule has 8 nitrogen and oxygen atoms in total. The van der Waals surface area contributed by atoms with Gasteiger partial charge in [-0.05, 0) is 47.1 Å². The molecule has 0 saturated carbocycles. The van der Waals surface area contributed by atoms with Crippen molar-refractivity contribution in [1.82, 2.24) is 0 Å². The summed E-state index contributed by atoms with van der Waals surface area (Å²) in [6, 6.07) is 0. The van der Waals surface area contributed by atoms with Gasteiger partial charge in [0, 0.05) is 44.9 Å². The van der Waals surface area contributed by atoms with E-state index in [2.05, 4.69) is 0 Å². The Morgan fingerprint density at radius 1 is 1.09 bits per heavy atom. The van der Waals surface area contributed by atoms with Crippen LogP contribution in [-0.2, 0) is 33.3 Å². The van der Waals surface area contributed by atoms with Crippen LogP contribution in [0.1, 0.15) is 68.2 Å². The minimum absolute atomic E-state index is 0.109. The second kappa shape index (κ2) is 9.46. The monoisotopic (exact) mass is 478 g/mol. The molecule has 190 valence electrons. The van der Waals surface area contributed by atoms with E-state index in [9.17, 15) is 19.5 Å². The normalized spacial score (nSPS) is 37.7. The Balaban J connectivity index is 2.19. The molecule has 8 atom stereocenters. The van der Waals surface area contributed by atoms with E-state index in [1.807, 2.05) is 26.0 Å². The number of hydrogen-bond donors (Lipinski definition) is 1. The Hall–Kier alpha value is -2.19. The number of rotatable bonds is 4. The lowest BCUT2D eigenvalue weighted by atomic mass is 9.60. The van der Waals surface area contributed by atoms with Crippen molar-refractivity contribution < 1.29 is 38.4 Å². The standard InChI is InChI=1S/C26H38O8/c1-13-9-10-20(32-16(4)28)26(8,30)24-22-21(18(11-13)33-24)14(2)12-19(31-15(3)27)23(22)25(6,7)34-17(5)29/h9,12,18-24,30H,10-11H2,1-8H3/t18-,19-,20+,21-,22+,23+,24-,26-/m1/s1. The zero-order chi connectivity index (χ0) is 25.6. The van der Waals surface area contributed by atoms with E-state index in [0.717, 1.165) is 11.1 Å². The van der Waals surface area contributed by atoms with Crippen molar-refractivity contribution in [3.05, 3.63) is 23.3 Å². The van der Waals surface area contributed by atoms with E-state index in [0.29, 0.717) is 12.8 Å². The highest BCUT2D eigenvalue weighted by Gasteiger charge is 2.63. The number of carbonyl (C=O) groups is 3. The third kappa shape index (κ3) is 5.08. The SMILES string of the molecule is CC(=O)O[C@H]1CC=C(C)C[C@H]2O[C@H]([C@H]3[C@@H]2C(C)=C[C@@H](OC(C)=O)[C@@H]3C(C)(C)OC(C)=O)[C@]1(C)O. The molecule has 0 spiro atoms. The Morgan fingerprint density at radius 2 is 1.71 bits per heavy atom. The lowest BCUT2D eigenvalue weighted by molar-refractivity contribution is -0.201. The van der Waals surface area contributed by atoms with Crippen LogP contribution in [-0.4, -0.2) is 58.6 Å². The fraction of sp³-hybridized carbons (Fsp3) is 0.731. The van der Waals surface area contributed by atoms with Crippen molar-refractivity contribution in [3.63, 3.8) is 0 Å².